The largest absolute Gasteiger partial charge is 0.273 e. The first-order valence-corrected chi connectivity index (χ1v) is 9.30. The van der Waals surface area contributed by atoms with Gasteiger partial charge >= 0.3 is 0 Å². The van der Waals surface area contributed by atoms with E-state index in [4.69, 9.17) is 0 Å². The Morgan fingerprint density at radius 1 is 1.18 bits per heavy atom. The molecule has 0 saturated carbocycles. The van der Waals surface area contributed by atoms with Crippen LogP contribution in [0, 0.1) is 13.8 Å². The molecule has 1 aliphatic rings. The molecule has 2 heterocycles. The second kappa shape index (κ2) is 6.29. The zero-order valence-electron chi connectivity index (χ0n) is 12.0. The number of anilines is 1. The maximum absolute atomic E-state index is 12.4. The van der Waals surface area contributed by atoms with Crippen molar-refractivity contribution in [3.63, 3.8) is 0 Å². The summed E-state index contributed by atoms with van der Waals surface area (Å²) in [6.07, 6.45) is 0. The molecular formula is C15H13Br2N3OS. The summed E-state index contributed by atoms with van der Waals surface area (Å²) in [5.41, 5.74) is 2.75. The van der Waals surface area contributed by atoms with Crippen LogP contribution in [-0.4, -0.2) is 21.6 Å². The highest BCUT2D eigenvalue weighted by Crippen LogP contribution is 2.45. The highest BCUT2D eigenvalue weighted by Gasteiger charge is 2.37. The zero-order chi connectivity index (χ0) is 15.9. The van der Waals surface area contributed by atoms with Crippen LogP contribution in [0.5, 0.6) is 0 Å². The molecule has 1 aromatic heterocycles. The van der Waals surface area contributed by atoms with Gasteiger partial charge in [-0.1, -0.05) is 37.9 Å². The van der Waals surface area contributed by atoms with Crippen LogP contribution in [-0.2, 0) is 4.79 Å². The number of aromatic nitrogens is 2. The van der Waals surface area contributed by atoms with Crippen molar-refractivity contribution in [1.82, 2.24) is 9.97 Å². The summed E-state index contributed by atoms with van der Waals surface area (Å²) >= 11 is 8.75. The fourth-order valence-corrected chi connectivity index (χ4v) is 5.37. The van der Waals surface area contributed by atoms with Crippen molar-refractivity contribution in [3.05, 3.63) is 50.2 Å². The molecule has 0 radical (unpaired) electrons. The molecule has 1 saturated heterocycles. The van der Waals surface area contributed by atoms with Crippen LogP contribution in [0.2, 0.25) is 0 Å². The van der Waals surface area contributed by atoms with Crippen LogP contribution in [0.3, 0.4) is 0 Å². The summed E-state index contributed by atoms with van der Waals surface area (Å²) in [6, 6.07) is 7.81. The molecule has 1 fully saturated rings. The van der Waals surface area contributed by atoms with Gasteiger partial charge in [0.2, 0.25) is 11.9 Å². The lowest BCUT2D eigenvalue weighted by Gasteiger charge is -2.24. The molecule has 4 nitrogen and oxygen atoms in total. The molecule has 0 N–H and O–H groups in total. The average molecular weight is 443 g/mol. The molecular weight excluding hydrogens is 430 g/mol. The summed E-state index contributed by atoms with van der Waals surface area (Å²) in [4.78, 5) is 23.0. The van der Waals surface area contributed by atoms with E-state index in [0.29, 0.717) is 11.7 Å². The first-order chi connectivity index (χ1) is 10.5. The van der Waals surface area contributed by atoms with Gasteiger partial charge < -0.3 is 0 Å². The van der Waals surface area contributed by atoms with Gasteiger partial charge in [-0.2, -0.15) is 0 Å². The fourth-order valence-electron chi connectivity index (χ4n) is 2.42. The predicted molar refractivity (Wildman–Crippen MR) is 96.0 cm³/mol. The van der Waals surface area contributed by atoms with E-state index >= 15 is 0 Å². The number of amides is 1. The third-order valence-corrected chi connectivity index (χ3v) is 5.86. The molecule has 7 heteroatoms. The molecule has 3 rings (SSSR count). The van der Waals surface area contributed by atoms with Crippen molar-refractivity contribution in [3.8, 4) is 0 Å². The summed E-state index contributed by atoms with van der Waals surface area (Å²) < 4.78 is 1.92. The molecule has 22 heavy (non-hydrogen) atoms. The van der Waals surface area contributed by atoms with E-state index in [1.807, 2.05) is 38.1 Å². The standard InChI is InChI=1S/C15H13Br2N3OS/c1-8-6-9(2)19-15(18-8)20-12(21)7-22-14(20)13-10(16)4-3-5-11(13)17/h3-6,14H,7H2,1-2H3/t14-/m0/s1. The van der Waals surface area contributed by atoms with Crippen molar-refractivity contribution in [2.75, 3.05) is 10.7 Å². The third kappa shape index (κ3) is 2.94. The lowest BCUT2D eigenvalue weighted by Crippen LogP contribution is -2.30. The normalized spacial score (nSPS) is 18.1. The van der Waals surface area contributed by atoms with Crippen molar-refractivity contribution in [1.29, 1.82) is 0 Å². The van der Waals surface area contributed by atoms with E-state index in [-0.39, 0.29) is 11.3 Å². The number of thioether (sulfide) groups is 1. The number of nitrogens with zero attached hydrogens (tertiary/aromatic N) is 3. The highest BCUT2D eigenvalue weighted by molar-refractivity contribution is 9.11. The van der Waals surface area contributed by atoms with Crippen LogP contribution < -0.4 is 4.90 Å². The summed E-state index contributed by atoms with van der Waals surface area (Å²) in [5.74, 6) is 0.928. The number of carbonyl (C=O) groups is 1. The van der Waals surface area contributed by atoms with E-state index in [1.165, 1.54) is 0 Å². The molecule has 2 aromatic rings. The van der Waals surface area contributed by atoms with Crippen LogP contribution >= 0.6 is 43.6 Å². The Balaban J connectivity index is 2.10. The summed E-state index contributed by atoms with van der Waals surface area (Å²) in [7, 11) is 0. The van der Waals surface area contributed by atoms with Crippen molar-refractivity contribution >= 4 is 55.5 Å². The lowest BCUT2D eigenvalue weighted by atomic mass is 10.2. The Hall–Kier alpha value is -0.920. The Labute approximate surface area is 150 Å². The molecule has 114 valence electrons. The zero-order valence-corrected chi connectivity index (χ0v) is 16.0. The van der Waals surface area contributed by atoms with Gasteiger partial charge in [-0.25, -0.2) is 9.97 Å². The Bertz CT molecular complexity index is 713. The summed E-state index contributed by atoms with van der Waals surface area (Å²) in [5, 5.41) is -0.140. The Morgan fingerprint density at radius 3 is 2.36 bits per heavy atom. The smallest absolute Gasteiger partial charge is 0.240 e. The van der Waals surface area contributed by atoms with Crippen LogP contribution in [0.4, 0.5) is 5.95 Å². The van der Waals surface area contributed by atoms with E-state index in [0.717, 1.165) is 25.9 Å². The van der Waals surface area contributed by atoms with Crippen LogP contribution in [0.1, 0.15) is 22.3 Å². The fraction of sp³-hybridized carbons (Fsp3) is 0.267. The van der Waals surface area contributed by atoms with Gasteiger partial charge in [0.05, 0.1) is 5.75 Å². The van der Waals surface area contributed by atoms with Gasteiger partial charge in [0, 0.05) is 25.9 Å². The minimum Gasteiger partial charge on any atom is -0.273 e. The number of aryl methyl sites for hydroxylation is 2. The van der Waals surface area contributed by atoms with E-state index in [2.05, 4.69) is 41.8 Å². The van der Waals surface area contributed by atoms with E-state index in [9.17, 15) is 4.79 Å². The third-order valence-electron chi connectivity index (χ3n) is 3.30. The highest BCUT2D eigenvalue weighted by atomic mass is 79.9. The minimum atomic E-state index is -0.140. The molecule has 0 bridgehead atoms. The number of carbonyl (C=O) groups excluding carboxylic acids is 1. The van der Waals surface area contributed by atoms with Crippen molar-refractivity contribution in [2.45, 2.75) is 19.2 Å². The molecule has 1 amide bonds. The Morgan fingerprint density at radius 2 is 1.77 bits per heavy atom. The first kappa shape index (κ1) is 16.0. The maximum atomic E-state index is 12.4. The maximum Gasteiger partial charge on any atom is 0.240 e. The van der Waals surface area contributed by atoms with Gasteiger partial charge in [0.15, 0.2) is 0 Å². The molecule has 1 atom stereocenters. The van der Waals surface area contributed by atoms with E-state index in [1.54, 1.807) is 16.7 Å². The second-order valence-electron chi connectivity index (χ2n) is 5.01. The van der Waals surface area contributed by atoms with Crippen molar-refractivity contribution < 1.29 is 4.79 Å². The predicted octanol–water partition coefficient (Wildman–Crippen LogP) is 4.40. The quantitative estimate of drug-likeness (QED) is 0.691. The number of benzene rings is 1. The van der Waals surface area contributed by atoms with Crippen LogP contribution in [0.15, 0.2) is 33.2 Å². The van der Waals surface area contributed by atoms with Gasteiger partial charge in [-0.3, -0.25) is 9.69 Å². The molecule has 0 spiro atoms. The topological polar surface area (TPSA) is 46.1 Å². The number of hydrogen-bond acceptors (Lipinski definition) is 4. The molecule has 0 aliphatic carbocycles. The number of hydrogen-bond donors (Lipinski definition) is 0. The van der Waals surface area contributed by atoms with Gasteiger partial charge in [0.25, 0.3) is 0 Å². The second-order valence-corrected chi connectivity index (χ2v) is 7.79. The summed E-state index contributed by atoms with van der Waals surface area (Å²) in [6.45, 7) is 3.82. The number of rotatable bonds is 2. The van der Waals surface area contributed by atoms with Gasteiger partial charge in [0.1, 0.15) is 5.37 Å². The molecule has 1 aliphatic heterocycles. The lowest BCUT2D eigenvalue weighted by molar-refractivity contribution is -0.115. The van der Waals surface area contributed by atoms with Gasteiger partial charge in [-0.05, 0) is 32.0 Å². The average Bonchev–Trinajstić information content (AvgIpc) is 2.79. The molecule has 0 unspecified atom stereocenters. The minimum absolute atomic E-state index is 0.0302. The van der Waals surface area contributed by atoms with E-state index < -0.39 is 0 Å². The van der Waals surface area contributed by atoms with Crippen LogP contribution in [0.25, 0.3) is 0 Å². The van der Waals surface area contributed by atoms with Gasteiger partial charge in [-0.15, -0.1) is 11.8 Å². The monoisotopic (exact) mass is 441 g/mol. The SMILES string of the molecule is Cc1cc(C)nc(N2C(=O)CS[C@H]2c2c(Br)cccc2Br)n1. The molecule has 1 aromatic carbocycles. The van der Waals surface area contributed by atoms with Crippen molar-refractivity contribution in [2.24, 2.45) is 0 Å². The first-order valence-electron chi connectivity index (χ1n) is 6.67. The number of halogens is 2. The Kier molecular flexibility index (Phi) is 4.56.